The number of likely N-dealkylation sites (N-methyl/N-ethyl adjacent to an activating group) is 1. The molecule has 0 aliphatic carbocycles. The van der Waals surface area contributed by atoms with Crippen LogP contribution in [-0.2, 0) is 6.54 Å². The maximum absolute atomic E-state index is 12.8. The molecule has 3 heterocycles. The Bertz CT molecular complexity index is 781. The lowest BCUT2D eigenvalue weighted by atomic mass is 10.2. The quantitative estimate of drug-likeness (QED) is 0.768. The first-order chi connectivity index (χ1) is 14.2. The summed E-state index contributed by atoms with van der Waals surface area (Å²) in [5, 5.41) is 0. The normalized spacial score (nSPS) is 18.8. The lowest BCUT2D eigenvalue weighted by molar-refractivity contribution is 0.0622. The summed E-state index contributed by atoms with van der Waals surface area (Å²) in [5.74, 6) is 0.851. The van der Waals surface area contributed by atoms with Gasteiger partial charge in [0.05, 0.1) is 12.4 Å². The molecule has 7 nitrogen and oxygen atoms in total. The van der Waals surface area contributed by atoms with E-state index in [2.05, 4.69) is 55.9 Å². The zero-order valence-electron chi connectivity index (χ0n) is 17.2. The molecule has 4 rings (SSSR count). The summed E-state index contributed by atoms with van der Waals surface area (Å²) in [6.07, 6.45) is 3.39. The monoisotopic (exact) mass is 394 g/mol. The van der Waals surface area contributed by atoms with E-state index in [1.807, 2.05) is 11.0 Å². The van der Waals surface area contributed by atoms with Gasteiger partial charge >= 0.3 is 0 Å². The van der Waals surface area contributed by atoms with Crippen LogP contribution in [0.4, 0.5) is 5.82 Å². The molecule has 2 aliphatic rings. The second kappa shape index (κ2) is 9.33. The fraction of sp³-hybridized carbons (Fsp3) is 0.500. The standard InChI is InChI=1S/C22H30N6O/c1-2-25-8-12-27(13-9-25)21-17-23-20(16-24-21)22(29)28-14-10-26(11-15-28)18-19-6-4-3-5-7-19/h3-7,16-17H,2,8-15,18H2,1H3. The van der Waals surface area contributed by atoms with Crippen LogP contribution in [0.15, 0.2) is 42.7 Å². The van der Waals surface area contributed by atoms with E-state index in [0.717, 1.165) is 71.3 Å². The average molecular weight is 395 g/mol. The predicted octanol–water partition coefficient (Wildman–Crippen LogP) is 1.58. The van der Waals surface area contributed by atoms with Crippen molar-refractivity contribution in [1.82, 2.24) is 24.7 Å². The average Bonchev–Trinajstić information content (AvgIpc) is 2.80. The fourth-order valence-electron chi connectivity index (χ4n) is 4.00. The minimum atomic E-state index is -0.0146. The molecular formula is C22H30N6O. The van der Waals surface area contributed by atoms with Crippen LogP contribution in [0.1, 0.15) is 23.0 Å². The molecule has 29 heavy (non-hydrogen) atoms. The summed E-state index contributed by atoms with van der Waals surface area (Å²) in [6, 6.07) is 10.5. The van der Waals surface area contributed by atoms with Gasteiger partial charge in [0, 0.05) is 58.9 Å². The molecule has 0 spiro atoms. The minimum Gasteiger partial charge on any atom is -0.353 e. The molecule has 1 amide bonds. The van der Waals surface area contributed by atoms with Crippen LogP contribution in [0.5, 0.6) is 0 Å². The van der Waals surface area contributed by atoms with Crippen LogP contribution in [-0.4, -0.2) is 89.5 Å². The van der Waals surface area contributed by atoms with Crippen molar-refractivity contribution in [1.29, 1.82) is 0 Å². The van der Waals surface area contributed by atoms with Crippen LogP contribution in [0.3, 0.4) is 0 Å². The molecule has 0 bridgehead atoms. The van der Waals surface area contributed by atoms with Crippen molar-refractivity contribution in [3.05, 3.63) is 54.0 Å². The van der Waals surface area contributed by atoms with Gasteiger partial charge in [0.15, 0.2) is 0 Å². The number of rotatable bonds is 5. The molecule has 1 aromatic heterocycles. The number of carbonyl (C=O) groups is 1. The van der Waals surface area contributed by atoms with Gasteiger partial charge in [-0.15, -0.1) is 0 Å². The Morgan fingerprint density at radius 1 is 0.862 bits per heavy atom. The summed E-state index contributed by atoms with van der Waals surface area (Å²) in [4.78, 5) is 30.7. The number of hydrogen-bond donors (Lipinski definition) is 0. The Hall–Kier alpha value is -2.51. The number of carbonyl (C=O) groups excluding carboxylic acids is 1. The second-order valence-corrected chi connectivity index (χ2v) is 7.74. The maximum Gasteiger partial charge on any atom is 0.274 e. The zero-order chi connectivity index (χ0) is 20.1. The zero-order valence-corrected chi connectivity index (χ0v) is 17.2. The van der Waals surface area contributed by atoms with Gasteiger partial charge in [0.25, 0.3) is 5.91 Å². The number of nitrogens with zero attached hydrogens (tertiary/aromatic N) is 6. The molecule has 0 radical (unpaired) electrons. The number of aromatic nitrogens is 2. The molecular weight excluding hydrogens is 364 g/mol. The number of anilines is 1. The highest BCUT2D eigenvalue weighted by Gasteiger charge is 2.24. The number of benzene rings is 1. The van der Waals surface area contributed by atoms with Gasteiger partial charge in [-0.25, -0.2) is 9.97 Å². The van der Waals surface area contributed by atoms with Gasteiger partial charge in [-0.05, 0) is 12.1 Å². The molecule has 2 aromatic rings. The summed E-state index contributed by atoms with van der Waals surface area (Å²) >= 11 is 0. The Morgan fingerprint density at radius 2 is 1.55 bits per heavy atom. The van der Waals surface area contributed by atoms with Gasteiger partial charge in [0.2, 0.25) is 0 Å². The van der Waals surface area contributed by atoms with Gasteiger partial charge in [-0.3, -0.25) is 9.69 Å². The van der Waals surface area contributed by atoms with E-state index in [9.17, 15) is 4.79 Å². The Kier molecular flexibility index (Phi) is 6.36. The molecule has 2 aliphatic heterocycles. The predicted molar refractivity (Wildman–Crippen MR) is 114 cm³/mol. The van der Waals surface area contributed by atoms with E-state index in [1.54, 1.807) is 12.4 Å². The van der Waals surface area contributed by atoms with Crippen LogP contribution < -0.4 is 4.90 Å². The molecule has 0 N–H and O–H groups in total. The van der Waals surface area contributed by atoms with E-state index >= 15 is 0 Å². The number of piperazine rings is 2. The number of amides is 1. The molecule has 0 unspecified atom stereocenters. The van der Waals surface area contributed by atoms with Crippen LogP contribution in [0.2, 0.25) is 0 Å². The van der Waals surface area contributed by atoms with Crippen LogP contribution >= 0.6 is 0 Å². The third kappa shape index (κ3) is 4.92. The van der Waals surface area contributed by atoms with Crippen LogP contribution in [0.25, 0.3) is 0 Å². The SMILES string of the molecule is CCN1CCN(c2cnc(C(=O)N3CCN(Cc4ccccc4)CC3)cn2)CC1. The highest BCUT2D eigenvalue weighted by atomic mass is 16.2. The summed E-state index contributed by atoms with van der Waals surface area (Å²) < 4.78 is 0. The van der Waals surface area contributed by atoms with Crippen molar-refractivity contribution < 1.29 is 4.79 Å². The van der Waals surface area contributed by atoms with Crippen molar-refractivity contribution in [2.75, 3.05) is 63.8 Å². The molecule has 154 valence electrons. The highest BCUT2D eigenvalue weighted by Crippen LogP contribution is 2.14. The van der Waals surface area contributed by atoms with E-state index in [1.165, 1.54) is 5.56 Å². The lowest BCUT2D eigenvalue weighted by Crippen LogP contribution is -2.48. The van der Waals surface area contributed by atoms with E-state index in [-0.39, 0.29) is 5.91 Å². The molecule has 0 atom stereocenters. The third-order valence-corrected chi connectivity index (χ3v) is 5.91. The van der Waals surface area contributed by atoms with E-state index in [0.29, 0.717) is 5.69 Å². The molecule has 7 heteroatoms. The first-order valence-corrected chi connectivity index (χ1v) is 10.6. The molecule has 2 fully saturated rings. The largest absolute Gasteiger partial charge is 0.353 e. The van der Waals surface area contributed by atoms with Gasteiger partial charge in [-0.2, -0.15) is 0 Å². The van der Waals surface area contributed by atoms with Crippen LogP contribution in [0, 0.1) is 0 Å². The first kappa shape index (κ1) is 19.8. The highest BCUT2D eigenvalue weighted by molar-refractivity contribution is 5.92. The van der Waals surface area contributed by atoms with Gasteiger partial charge in [-0.1, -0.05) is 37.3 Å². The fourth-order valence-corrected chi connectivity index (χ4v) is 4.00. The van der Waals surface area contributed by atoms with Crippen molar-refractivity contribution in [3.63, 3.8) is 0 Å². The lowest BCUT2D eigenvalue weighted by Gasteiger charge is -2.35. The van der Waals surface area contributed by atoms with Gasteiger partial charge in [0.1, 0.15) is 11.5 Å². The molecule has 0 saturated carbocycles. The van der Waals surface area contributed by atoms with Crippen molar-refractivity contribution in [2.45, 2.75) is 13.5 Å². The second-order valence-electron chi connectivity index (χ2n) is 7.74. The minimum absolute atomic E-state index is 0.0146. The third-order valence-electron chi connectivity index (χ3n) is 5.91. The molecule has 2 saturated heterocycles. The Labute approximate surface area is 172 Å². The Morgan fingerprint density at radius 3 is 2.17 bits per heavy atom. The summed E-state index contributed by atoms with van der Waals surface area (Å²) in [5.41, 5.74) is 1.76. The first-order valence-electron chi connectivity index (χ1n) is 10.6. The van der Waals surface area contributed by atoms with E-state index < -0.39 is 0 Å². The molecule has 1 aromatic carbocycles. The summed E-state index contributed by atoms with van der Waals surface area (Å²) in [6.45, 7) is 11.5. The maximum atomic E-state index is 12.8. The van der Waals surface area contributed by atoms with Crippen molar-refractivity contribution >= 4 is 11.7 Å². The van der Waals surface area contributed by atoms with Crippen molar-refractivity contribution in [3.8, 4) is 0 Å². The van der Waals surface area contributed by atoms with Gasteiger partial charge < -0.3 is 14.7 Å². The Balaban J connectivity index is 1.29. The van der Waals surface area contributed by atoms with E-state index in [4.69, 9.17) is 0 Å². The topological polar surface area (TPSA) is 55.8 Å². The number of hydrogen-bond acceptors (Lipinski definition) is 6. The van der Waals surface area contributed by atoms with Crippen molar-refractivity contribution in [2.24, 2.45) is 0 Å². The summed E-state index contributed by atoms with van der Waals surface area (Å²) in [7, 11) is 0. The smallest absolute Gasteiger partial charge is 0.274 e.